The van der Waals surface area contributed by atoms with Crippen LogP contribution in [0.25, 0.3) is 0 Å². The Kier molecular flexibility index (Phi) is 5.51. The van der Waals surface area contributed by atoms with Gasteiger partial charge >= 0.3 is 0 Å². The molecule has 1 nitrogen and oxygen atoms in total. The van der Waals surface area contributed by atoms with E-state index < -0.39 is 0 Å². The summed E-state index contributed by atoms with van der Waals surface area (Å²) >= 11 is 0. The molecule has 0 fully saturated rings. The Morgan fingerprint density at radius 1 is 1.00 bits per heavy atom. The van der Waals surface area contributed by atoms with Crippen molar-refractivity contribution in [1.29, 1.82) is 0 Å². The van der Waals surface area contributed by atoms with E-state index in [1.165, 1.54) is 5.56 Å². The summed E-state index contributed by atoms with van der Waals surface area (Å²) in [6.45, 7) is 6.63. The summed E-state index contributed by atoms with van der Waals surface area (Å²) in [5.41, 5.74) is 3.95. The largest absolute Gasteiger partial charge is 0.310 e. The van der Waals surface area contributed by atoms with Gasteiger partial charge < -0.3 is 5.32 Å². The predicted octanol–water partition coefficient (Wildman–Crippen LogP) is 4.55. The molecule has 0 aromatic heterocycles. The van der Waals surface area contributed by atoms with Crippen molar-refractivity contribution < 1.29 is 4.39 Å². The summed E-state index contributed by atoms with van der Waals surface area (Å²) < 4.78 is 13.6. The second-order valence-corrected chi connectivity index (χ2v) is 5.72. The van der Waals surface area contributed by atoms with Gasteiger partial charge in [0.15, 0.2) is 0 Å². The van der Waals surface area contributed by atoms with E-state index in [1.807, 2.05) is 32.0 Å². The van der Waals surface area contributed by atoms with Crippen molar-refractivity contribution in [3.8, 4) is 0 Å². The fourth-order valence-electron chi connectivity index (χ4n) is 2.66. The molecule has 0 bridgehead atoms. The quantitative estimate of drug-likeness (QED) is 0.821. The minimum atomic E-state index is -0.0879. The zero-order valence-corrected chi connectivity index (χ0v) is 13.1. The van der Waals surface area contributed by atoms with E-state index in [1.54, 1.807) is 0 Å². The molecule has 0 spiro atoms. The Labute approximate surface area is 127 Å². The molecule has 1 unspecified atom stereocenters. The molecule has 112 valence electrons. The second kappa shape index (κ2) is 7.37. The van der Waals surface area contributed by atoms with Gasteiger partial charge in [0.25, 0.3) is 0 Å². The van der Waals surface area contributed by atoms with Gasteiger partial charge in [-0.3, -0.25) is 0 Å². The highest BCUT2D eigenvalue weighted by Crippen LogP contribution is 2.15. The van der Waals surface area contributed by atoms with Crippen LogP contribution in [0.5, 0.6) is 0 Å². The van der Waals surface area contributed by atoms with E-state index in [9.17, 15) is 4.39 Å². The van der Waals surface area contributed by atoms with Crippen molar-refractivity contribution in [1.82, 2.24) is 5.32 Å². The van der Waals surface area contributed by atoms with Crippen LogP contribution in [0, 0.1) is 19.7 Å². The maximum Gasteiger partial charge on any atom is 0.129 e. The maximum absolute atomic E-state index is 13.6. The third kappa shape index (κ3) is 4.40. The third-order valence-electron chi connectivity index (χ3n) is 3.91. The van der Waals surface area contributed by atoms with E-state index in [2.05, 4.69) is 36.5 Å². The molecule has 0 amide bonds. The first-order valence-electron chi connectivity index (χ1n) is 7.63. The summed E-state index contributed by atoms with van der Waals surface area (Å²) in [7, 11) is 0. The molecule has 1 N–H and O–H groups in total. The highest BCUT2D eigenvalue weighted by molar-refractivity contribution is 5.30. The van der Waals surface area contributed by atoms with Crippen LogP contribution in [0.15, 0.2) is 42.5 Å². The normalized spacial score (nSPS) is 12.4. The number of hydrogen-bond acceptors (Lipinski definition) is 1. The molecule has 0 aliphatic heterocycles. The van der Waals surface area contributed by atoms with Crippen molar-refractivity contribution in [3.05, 3.63) is 70.5 Å². The van der Waals surface area contributed by atoms with Gasteiger partial charge in [0.05, 0.1) is 0 Å². The van der Waals surface area contributed by atoms with E-state index in [0.717, 1.165) is 36.1 Å². The minimum absolute atomic E-state index is 0.0879. The van der Waals surface area contributed by atoms with Gasteiger partial charge in [0.2, 0.25) is 0 Å². The van der Waals surface area contributed by atoms with E-state index >= 15 is 0 Å². The zero-order valence-electron chi connectivity index (χ0n) is 13.1. The molecule has 1 atom stereocenters. The standard InChI is InChI=1S/C19H24FN/c1-4-18(12-16-8-6-5-7-9-16)21-13-17-10-14(2)19(20)15(3)11-17/h5-11,18,21H,4,12-13H2,1-3H3. The number of hydrogen-bond donors (Lipinski definition) is 1. The monoisotopic (exact) mass is 285 g/mol. The summed E-state index contributed by atoms with van der Waals surface area (Å²) in [6.07, 6.45) is 2.10. The molecule has 0 heterocycles. The predicted molar refractivity (Wildman–Crippen MR) is 86.9 cm³/mol. The van der Waals surface area contributed by atoms with Crippen LogP contribution in [0.4, 0.5) is 4.39 Å². The van der Waals surface area contributed by atoms with Crippen LogP contribution in [-0.2, 0) is 13.0 Å². The number of rotatable bonds is 6. The van der Waals surface area contributed by atoms with Gasteiger partial charge in [-0.15, -0.1) is 0 Å². The Bertz CT molecular complexity index is 554. The van der Waals surface area contributed by atoms with Crippen molar-refractivity contribution in [2.45, 2.75) is 46.2 Å². The highest BCUT2D eigenvalue weighted by Gasteiger charge is 2.08. The van der Waals surface area contributed by atoms with Crippen LogP contribution in [-0.4, -0.2) is 6.04 Å². The van der Waals surface area contributed by atoms with Crippen molar-refractivity contribution in [2.75, 3.05) is 0 Å². The van der Waals surface area contributed by atoms with Crippen LogP contribution in [0.2, 0.25) is 0 Å². The second-order valence-electron chi connectivity index (χ2n) is 5.72. The molecule has 2 rings (SSSR count). The lowest BCUT2D eigenvalue weighted by molar-refractivity contribution is 0.493. The SMILES string of the molecule is CCC(Cc1ccccc1)NCc1cc(C)c(F)c(C)c1. The molecular formula is C19H24FN. The molecule has 0 saturated heterocycles. The molecule has 0 saturated carbocycles. The first-order chi connectivity index (χ1) is 10.1. The Balaban J connectivity index is 1.97. The number of benzene rings is 2. The van der Waals surface area contributed by atoms with E-state index in [4.69, 9.17) is 0 Å². The lowest BCUT2D eigenvalue weighted by Crippen LogP contribution is -2.30. The molecule has 2 heteroatoms. The lowest BCUT2D eigenvalue weighted by atomic mass is 10.0. The van der Waals surface area contributed by atoms with Crippen LogP contribution >= 0.6 is 0 Å². The fourth-order valence-corrected chi connectivity index (χ4v) is 2.66. The van der Waals surface area contributed by atoms with Gasteiger partial charge in [0, 0.05) is 12.6 Å². The number of nitrogens with one attached hydrogen (secondary N) is 1. The first-order valence-corrected chi connectivity index (χ1v) is 7.63. The van der Waals surface area contributed by atoms with E-state index in [0.29, 0.717) is 6.04 Å². The smallest absolute Gasteiger partial charge is 0.129 e. The van der Waals surface area contributed by atoms with Crippen molar-refractivity contribution in [3.63, 3.8) is 0 Å². The summed E-state index contributed by atoms with van der Waals surface area (Å²) in [5.74, 6) is -0.0879. The average molecular weight is 285 g/mol. The van der Waals surface area contributed by atoms with Gasteiger partial charge in [-0.05, 0) is 48.9 Å². The van der Waals surface area contributed by atoms with Gasteiger partial charge in [-0.25, -0.2) is 4.39 Å². The van der Waals surface area contributed by atoms with Gasteiger partial charge in [-0.1, -0.05) is 49.4 Å². The van der Waals surface area contributed by atoms with Crippen molar-refractivity contribution in [2.24, 2.45) is 0 Å². The molecular weight excluding hydrogens is 261 g/mol. The summed E-state index contributed by atoms with van der Waals surface area (Å²) in [4.78, 5) is 0. The van der Waals surface area contributed by atoms with Crippen LogP contribution < -0.4 is 5.32 Å². The minimum Gasteiger partial charge on any atom is -0.310 e. The summed E-state index contributed by atoms with van der Waals surface area (Å²) in [5, 5.41) is 3.59. The first kappa shape index (κ1) is 15.7. The number of aryl methyl sites for hydroxylation is 2. The van der Waals surface area contributed by atoms with Crippen molar-refractivity contribution >= 4 is 0 Å². The molecule has 2 aromatic carbocycles. The van der Waals surface area contributed by atoms with Crippen LogP contribution in [0.1, 0.15) is 35.6 Å². The average Bonchev–Trinajstić information content (AvgIpc) is 2.49. The highest BCUT2D eigenvalue weighted by atomic mass is 19.1. The zero-order chi connectivity index (χ0) is 15.2. The van der Waals surface area contributed by atoms with Crippen LogP contribution in [0.3, 0.4) is 0 Å². The molecule has 2 aromatic rings. The van der Waals surface area contributed by atoms with Gasteiger partial charge in [-0.2, -0.15) is 0 Å². The lowest BCUT2D eigenvalue weighted by Gasteiger charge is -2.18. The molecule has 0 radical (unpaired) electrons. The van der Waals surface area contributed by atoms with Gasteiger partial charge in [0.1, 0.15) is 5.82 Å². The molecule has 0 aliphatic rings. The Hall–Kier alpha value is -1.67. The number of halogens is 1. The third-order valence-corrected chi connectivity index (χ3v) is 3.91. The van der Waals surface area contributed by atoms with E-state index in [-0.39, 0.29) is 5.82 Å². The fraction of sp³-hybridized carbons (Fsp3) is 0.368. The molecule has 21 heavy (non-hydrogen) atoms. The summed E-state index contributed by atoms with van der Waals surface area (Å²) in [6, 6.07) is 14.8. The topological polar surface area (TPSA) is 12.0 Å². The Morgan fingerprint density at radius 2 is 1.62 bits per heavy atom. The Morgan fingerprint density at radius 3 is 2.19 bits per heavy atom. The maximum atomic E-state index is 13.6. The molecule has 0 aliphatic carbocycles.